The first kappa shape index (κ1) is 62.5. The van der Waals surface area contributed by atoms with Gasteiger partial charge in [-0.1, -0.05) is 18.2 Å². The number of fused-ring (bicyclic) bond motifs is 6. The number of nitrogens with one attached hydrogen (secondary N) is 4. The number of carbonyl (C=O) groups is 6. The van der Waals surface area contributed by atoms with Gasteiger partial charge in [-0.15, -0.1) is 0 Å². The van der Waals surface area contributed by atoms with Gasteiger partial charge in [0.25, 0.3) is 11.8 Å². The molecule has 3 aliphatic rings. The second-order valence-corrected chi connectivity index (χ2v) is 25.0. The van der Waals surface area contributed by atoms with E-state index in [0.717, 1.165) is 78.9 Å². The van der Waals surface area contributed by atoms with Crippen LogP contribution in [0.15, 0.2) is 72.8 Å². The van der Waals surface area contributed by atoms with Gasteiger partial charge in [0.15, 0.2) is 0 Å². The van der Waals surface area contributed by atoms with Crippen LogP contribution in [0.3, 0.4) is 0 Å². The minimum absolute atomic E-state index is 0.266. The van der Waals surface area contributed by atoms with Gasteiger partial charge in [-0.3, -0.25) is 14.7 Å². The molecular weight excluding hydrogens is 1130 g/mol. The van der Waals surface area contributed by atoms with E-state index in [1.807, 2.05) is 132 Å². The van der Waals surface area contributed by atoms with Gasteiger partial charge in [-0.25, -0.2) is 19.2 Å². The summed E-state index contributed by atoms with van der Waals surface area (Å²) in [5, 5.41) is 27.1. The Morgan fingerprint density at radius 3 is 1.20 bits per heavy atom. The van der Waals surface area contributed by atoms with Gasteiger partial charge in [0.1, 0.15) is 34.3 Å². The summed E-state index contributed by atoms with van der Waals surface area (Å²) in [6, 6.07) is 22.0. The zero-order chi connectivity index (χ0) is 63.9. The number of H-pyrrole nitrogens is 4. The highest BCUT2D eigenvalue weighted by molar-refractivity contribution is 6.09. The van der Waals surface area contributed by atoms with Crippen LogP contribution < -0.4 is 17.2 Å². The number of carboxylic acid groups (broad SMARTS) is 1. The first-order valence-electron chi connectivity index (χ1n) is 28.9. The second kappa shape index (κ2) is 24.4. The van der Waals surface area contributed by atoms with E-state index in [4.69, 9.17) is 36.5 Å². The van der Waals surface area contributed by atoms with Crippen molar-refractivity contribution in [1.82, 2.24) is 59.4 Å². The molecule has 0 unspecified atom stereocenters. The lowest BCUT2D eigenvalue weighted by atomic mass is 10.1. The molecule has 0 bridgehead atoms. The zero-order valence-corrected chi connectivity index (χ0v) is 51.7. The molecule has 0 fully saturated rings. The van der Waals surface area contributed by atoms with Crippen LogP contribution in [-0.4, -0.2) is 137 Å². The van der Waals surface area contributed by atoms with Crippen molar-refractivity contribution in [1.29, 1.82) is 0 Å². The maximum absolute atomic E-state index is 13.2. The molecule has 464 valence electrons. The first-order valence-corrected chi connectivity index (χ1v) is 28.9. The third-order valence-electron chi connectivity index (χ3n) is 14.5. The number of carbonyl (C=O) groups excluding carboxylic acids is 5. The third kappa shape index (κ3) is 13.9. The van der Waals surface area contributed by atoms with Gasteiger partial charge in [0, 0.05) is 111 Å². The lowest BCUT2D eigenvalue weighted by molar-refractivity contribution is 0.0214. The lowest BCUT2D eigenvalue weighted by Gasteiger charge is -2.29. The highest BCUT2D eigenvalue weighted by Crippen LogP contribution is 2.31. The number of benzene rings is 3. The number of nitrogens with two attached hydrogens (primary N) is 3. The molecule has 0 saturated carbocycles. The van der Waals surface area contributed by atoms with Gasteiger partial charge >= 0.3 is 24.2 Å². The Balaban J connectivity index is 0.000000146. The van der Waals surface area contributed by atoms with E-state index in [9.17, 15) is 28.8 Å². The molecule has 88 heavy (non-hydrogen) atoms. The van der Waals surface area contributed by atoms with E-state index in [1.165, 1.54) is 9.36 Å². The van der Waals surface area contributed by atoms with Crippen molar-refractivity contribution in [2.45, 2.75) is 139 Å². The predicted octanol–water partition coefficient (Wildman–Crippen LogP) is 9.93. The Morgan fingerprint density at radius 2 is 0.841 bits per heavy atom. The number of carboxylic acids is 1. The summed E-state index contributed by atoms with van der Waals surface area (Å²) in [4.78, 5) is 88.3. The van der Waals surface area contributed by atoms with Crippen LogP contribution in [-0.2, 0) is 53.1 Å². The molecule has 6 aromatic heterocycles. The molecule has 3 aliphatic heterocycles. The first-order chi connectivity index (χ1) is 41.3. The van der Waals surface area contributed by atoms with E-state index in [-0.39, 0.29) is 42.6 Å². The largest absolute Gasteiger partial charge is 0.478 e. The standard InChI is InChI=1S/2C21H25N5O3.C11H18N4O2.C10H9NO2/c2*1-12-10-14-13(6-5-7-16(14)23-12)19(27)26-18(22)15-11-25(9-8-17(15)24-26)20(28)29-21(2,3)4;1-11(2,3)17-10(16)15-5-4-8-7(6-15)9(12)14-13-8;1-6-5-8-7(10(12)13)3-2-4-9(8)11-6/h2*5-7,10,23H,8-9,11,22H2,1-4H3;4-6H2,1-3H3,(H3,12,13,14);2-5,11H,1H3,(H,12,13). The van der Waals surface area contributed by atoms with Crippen molar-refractivity contribution >= 4 is 86.2 Å². The number of ether oxygens (including phenoxy) is 3. The van der Waals surface area contributed by atoms with E-state index in [2.05, 4.69) is 35.3 Å². The van der Waals surface area contributed by atoms with Crippen LogP contribution >= 0.6 is 0 Å². The Hall–Kier alpha value is -10.1. The average molecular weight is 1200 g/mol. The van der Waals surface area contributed by atoms with Crippen LogP contribution in [0, 0.1) is 20.8 Å². The molecule has 0 aliphatic carbocycles. The van der Waals surface area contributed by atoms with Gasteiger partial charge in [0.2, 0.25) is 0 Å². The summed E-state index contributed by atoms with van der Waals surface area (Å²) in [6.07, 6.45) is 0.685. The monoisotopic (exact) mass is 1200 g/mol. The fourth-order valence-corrected chi connectivity index (χ4v) is 10.5. The Bertz CT molecular complexity index is 3980. The Morgan fingerprint density at radius 1 is 0.500 bits per heavy atom. The summed E-state index contributed by atoms with van der Waals surface area (Å²) >= 11 is 0. The molecule has 11 N–H and O–H groups in total. The number of rotatable bonds is 3. The molecule has 3 aromatic carbocycles. The molecule has 25 nitrogen and oxygen atoms in total. The predicted molar refractivity (Wildman–Crippen MR) is 333 cm³/mol. The maximum Gasteiger partial charge on any atom is 0.410 e. The number of anilines is 3. The van der Waals surface area contributed by atoms with Crippen LogP contribution in [0.5, 0.6) is 0 Å². The molecule has 9 aromatic rings. The number of aryl methyl sites for hydroxylation is 3. The highest BCUT2D eigenvalue weighted by Gasteiger charge is 2.34. The SMILES string of the molecule is CC(C)(C)OC(=O)N1CCc2[nH]nc(N)c2C1.Cc1cc2c(C(=O)O)cccc2[nH]1.Cc1cc2c(C(=O)n3nc4c(c3N)CN(C(=O)OC(C)(C)C)CC4)cccc2[nH]1.Cc1cc2c(C(=O)n3nc4c(c3N)CN(C(=O)OC(C)(C)C)CC4)cccc2[nH]1. The number of amides is 3. The quantitative estimate of drug-likeness (QED) is 0.0762. The normalized spacial score (nSPS) is 13.9. The molecule has 0 atom stereocenters. The minimum Gasteiger partial charge on any atom is -0.478 e. The lowest BCUT2D eigenvalue weighted by Crippen LogP contribution is -2.39. The highest BCUT2D eigenvalue weighted by atomic mass is 16.6. The number of aromatic nitrogens is 9. The fraction of sp³-hybridized carbons (Fsp3) is 0.381. The number of hydrogen-bond acceptors (Lipinski definition) is 15. The molecule has 25 heteroatoms. The van der Waals surface area contributed by atoms with Crippen molar-refractivity contribution in [2.75, 3.05) is 36.8 Å². The molecule has 0 spiro atoms. The van der Waals surface area contributed by atoms with Crippen molar-refractivity contribution in [3.8, 4) is 0 Å². The smallest absolute Gasteiger partial charge is 0.410 e. The van der Waals surface area contributed by atoms with Crippen molar-refractivity contribution in [3.05, 3.63) is 140 Å². The molecule has 0 radical (unpaired) electrons. The van der Waals surface area contributed by atoms with Crippen molar-refractivity contribution in [3.63, 3.8) is 0 Å². The fourth-order valence-electron chi connectivity index (χ4n) is 10.5. The topological polar surface area (TPSA) is 350 Å². The summed E-state index contributed by atoms with van der Waals surface area (Å²) < 4.78 is 18.7. The summed E-state index contributed by atoms with van der Waals surface area (Å²) in [7, 11) is 0. The number of aromatic carboxylic acids is 1. The zero-order valence-electron chi connectivity index (χ0n) is 51.7. The van der Waals surface area contributed by atoms with E-state index in [1.54, 1.807) is 39.0 Å². The van der Waals surface area contributed by atoms with Crippen molar-refractivity contribution < 1.29 is 48.1 Å². The summed E-state index contributed by atoms with van der Waals surface area (Å²) in [5.74, 6) is -0.460. The van der Waals surface area contributed by atoms with Crippen LogP contribution in [0.4, 0.5) is 31.8 Å². The van der Waals surface area contributed by atoms with Crippen molar-refractivity contribution in [2.24, 2.45) is 0 Å². The van der Waals surface area contributed by atoms with Gasteiger partial charge < -0.3 is 66.2 Å². The summed E-state index contributed by atoms with van der Waals surface area (Å²) in [5.41, 5.74) is 28.5. The number of nitrogen functional groups attached to an aromatic ring is 3. The minimum atomic E-state index is -0.885. The van der Waals surface area contributed by atoms with Gasteiger partial charge in [-0.2, -0.15) is 24.7 Å². The number of nitrogens with zero attached hydrogens (tertiary/aromatic N) is 8. The van der Waals surface area contributed by atoms with Gasteiger partial charge in [-0.05, 0) is 138 Å². The van der Waals surface area contributed by atoms with E-state index < -0.39 is 35.0 Å². The number of aromatic amines is 4. The molecular formula is C63H77N15O10. The van der Waals surface area contributed by atoms with Crippen LogP contribution in [0.25, 0.3) is 32.7 Å². The molecule has 0 saturated heterocycles. The van der Waals surface area contributed by atoms with E-state index in [0.29, 0.717) is 72.7 Å². The second-order valence-electron chi connectivity index (χ2n) is 25.0. The van der Waals surface area contributed by atoms with Crippen LogP contribution in [0.2, 0.25) is 0 Å². The third-order valence-corrected chi connectivity index (χ3v) is 14.5. The molecule has 12 rings (SSSR count). The Labute approximate surface area is 507 Å². The average Bonchev–Trinajstić information content (AvgIpc) is 4.49. The van der Waals surface area contributed by atoms with Crippen LogP contribution in [0.1, 0.15) is 144 Å². The van der Waals surface area contributed by atoms with Gasteiger partial charge in [0.05, 0.1) is 47.7 Å². The molecule has 3 amide bonds. The number of hydrogen-bond donors (Lipinski definition) is 8. The van der Waals surface area contributed by atoms with E-state index >= 15 is 0 Å². The Kier molecular flexibility index (Phi) is 17.3. The molecule has 9 heterocycles. The maximum atomic E-state index is 13.2. The summed E-state index contributed by atoms with van der Waals surface area (Å²) in [6.45, 7) is 24.9.